The van der Waals surface area contributed by atoms with E-state index in [1.54, 1.807) is 0 Å². The molecule has 0 aromatic carbocycles. The molecule has 2 N–H and O–H groups in total. The Morgan fingerprint density at radius 1 is 1.78 bits per heavy atom. The molecule has 1 rings (SSSR count). The van der Waals surface area contributed by atoms with E-state index in [-0.39, 0.29) is 0 Å². The van der Waals surface area contributed by atoms with Crippen LogP contribution in [0.3, 0.4) is 0 Å². The van der Waals surface area contributed by atoms with Crippen molar-refractivity contribution in [2.24, 2.45) is 0 Å². The summed E-state index contributed by atoms with van der Waals surface area (Å²) < 4.78 is 0. The Hall–Kier alpha value is -1.25. The quantitative estimate of drug-likeness (QED) is 0.498. The van der Waals surface area contributed by atoms with E-state index in [9.17, 15) is 4.79 Å². The minimum Gasteiger partial charge on any atom is -0.385 e. The zero-order valence-electron chi connectivity index (χ0n) is 4.92. The largest absolute Gasteiger partial charge is 0.385 e. The number of rotatable bonds is 2. The fraction of sp³-hybridized carbons (Fsp3) is 0.167. The smallest absolute Gasteiger partial charge is 0.211 e. The first-order valence-corrected chi connectivity index (χ1v) is 2.73. The normalized spacial score (nSPS) is 15.8. The lowest BCUT2D eigenvalue weighted by Gasteiger charge is -2.07. The van der Waals surface area contributed by atoms with Crippen LogP contribution in [0.15, 0.2) is 24.0 Å². The average molecular weight is 124 g/mol. The number of allylic oxidation sites excluding steroid dienone is 2. The van der Waals surface area contributed by atoms with Crippen LogP contribution in [0.4, 0.5) is 0 Å². The molecule has 0 aromatic heterocycles. The van der Waals surface area contributed by atoms with Gasteiger partial charge in [0.15, 0.2) is 0 Å². The Kier molecular flexibility index (Phi) is 1.90. The van der Waals surface area contributed by atoms with E-state index in [0.29, 0.717) is 13.0 Å². The van der Waals surface area contributed by atoms with E-state index in [1.165, 1.54) is 0 Å². The fourth-order valence-corrected chi connectivity index (χ4v) is 0.635. The third-order valence-electron chi connectivity index (χ3n) is 1.05. The van der Waals surface area contributed by atoms with Crippen LogP contribution >= 0.6 is 0 Å². The number of amides is 1. The van der Waals surface area contributed by atoms with Crippen LogP contribution in [-0.2, 0) is 4.79 Å². The highest BCUT2D eigenvalue weighted by Gasteiger charge is 1.93. The third-order valence-corrected chi connectivity index (χ3v) is 1.05. The van der Waals surface area contributed by atoms with Gasteiger partial charge >= 0.3 is 0 Å². The molecule has 0 radical (unpaired) electrons. The molecule has 0 bridgehead atoms. The van der Waals surface area contributed by atoms with Crippen LogP contribution in [0.2, 0.25) is 0 Å². The van der Waals surface area contributed by atoms with Gasteiger partial charge in [0.05, 0.1) is 6.54 Å². The van der Waals surface area contributed by atoms with Crippen molar-refractivity contribution in [3.8, 4) is 0 Å². The first-order valence-electron chi connectivity index (χ1n) is 2.73. The molecule has 3 heteroatoms. The summed E-state index contributed by atoms with van der Waals surface area (Å²) in [5.74, 6) is 0. The minimum atomic E-state index is 0.673. The molecule has 1 heterocycles. The zero-order valence-corrected chi connectivity index (χ0v) is 4.92. The van der Waals surface area contributed by atoms with Gasteiger partial charge in [-0.1, -0.05) is 0 Å². The molecule has 48 valence electrons. The molecule has 1 aliphatic heterocycles. The van der Waals surface area contributed by atoms with Crippen molar-refractivity contribution in [2.75, 3.05) is 6.54 Å². The highest BCUT2D eigenvalue weighted by Crippen LogP contribution is 1.90. The second-order valence-corrected chi connectivity index (χ2v) is 1.69. The molecule has 9 heavy (non-hydrogen) atoms. The van der Waals surface area contributed by atoms with E-state index < -0.39 is 0 Å². The second kappa shape index (κ2) is 2.91. The summed E-state index contributed by atoms with van der Waals surface area (Å²) in [4.78, 5) is 9.87. The summed E-state index contributed by atoms with van der Waals surface area (Å²) in [6, 6.07) is 0. The van der Waals surface area contributed by atoms with Crippen molar-refractivity contribution in [1.29, 1.82) is 0 Å². The molecule has 0 fully saturated rings. The first-order chi connectivity index (χ1) is 4.43. The lowest BCUT2D eigenvalue weighted by atomic mass is 10.3. The molecular weight excluding hydrogens is 116 g/mol. The Balaban J connectivity index is 2.47. The van der Waals surface area contributed by atoms with Crippen LogP contribution in [0.1, 0.15) is 0 Å². The Morgan fingerprint density at radius 3 is 3.22 bits per heavy atom. The molecular formula is C6H8N2O. The summed E-state index contributed by atoms with van der Waals surface area (Å²) in [5.41, 5.74) is 0.896. The third kappa shape index (κ3) is 1.60. The summed E-state index contributed by atoms with van der Waals surface area (Å²) in [6.45, 7) is 0.704. The molecule has 1 aliphatic rings. The van der Waals surface area contributed by atoms with Gasteiger partial charge < -0.3 is 10.6 Å². The van der Waals surface area contributed by atoms with Crippen molar-refractivity contribution in [3.05, 3.63) is 24.0 Å². The van der Waals surface area contributed by atoms with Crippen LogP contribution in [-0.4, -0.2) is 13.0 Å². The maximum absolute atomic E-state index is 9.87. The van der Waals surface area contributed by atoms with E-state index in [2.05, 4.69) is 10.6 Å². The van der Waals surface area contributed by atoms with Crippen LogP contribution < -0.4 is 10.6 Å². The molecule has 3 nitrogen and oxygen atoms in total. The molecule has 0 atom stereocenters. The molecule has 0 spiro atoms. The van der Waals surface area contributed by atoms with E-state index in [4.69, 9.17) is 0 Å². The van der Waals surface area contributed by atoms with E-state index in [1.807, 2.05) is 18.4 Å². The van der Waals surface area contributed by atoms with E-state index >= 15 is 0 Å². The Morgan fingerprint density at radius 2 is 2.67 bits per heavy atom. The Labute approximate surface area is 53.4 Å². The topological polar surface area (TPSA) is 41.1 Å². The molecule has 0 aromatic rings. The Bertz CT molecular complexity index is 160. The molecule has 0 saturated heterocycles. The van der Waals surface area contributed by atoms with Crippen molar-refractivity contribution < 1.29 is 4.79 Å². The highest BCUT2D eigenvalue weighted by molar-refractivity contribution is 5.50. The van der Waals surface area contributed by atoms with Gasteiger partial charge in [-0.05, 0) is 18.4 Å². The maximum Gasteiger partial charge on any atom is 0.211 e. The minimum absolute atomic E-state index is 0.673. The van der Waals surface area contributed by atoms with Crippen LogP contribution in [0.25, 0.3) is 0 Å². The standard InChI is InChI=1S/C6H8N2O/c9-5-8-6-2-1-3-7-4-6/h1-3,5,7H,4H2,(H,8,9). The average Bonchev–Trinajstić information content (AvgIpc) is 1.91. The van der Waals surface area contributed by atoms with Gasteiger partial charge in [0.2, 0.25) is 6.41 Å². The molecule has 0 saturated carbocycles. The number of hydrogen-bond acceptors (Lipinski definition) is 2. The lowest BCUT2D eigenvalue weighted by molar-refractivity contribution is -0.108. The maximum atomic E-state index is 9.87. The fourth-order valence-electron chi connectivity index (χ4n) is 0.635. The summed E-state index contributed by atoms with van der Waals surface area (Å²) in [7, 11) is 0. The first kappa shape index (κ1) is 5.88. The predicted molar refractivity (Wildman–Crippen MR) is 34.4 cm³/mol. The lowest BCUT2D eigenvalue weighted by Crippen LogP contribution is -2.22. The number of carbonyl (C=O) groups excluding carboxylic acids is 1. The number of nitrogens with one attached hydrogen (secondary N) is 2. The summed E-state index contributed by atoms with van der Waals surface area (Å²) in [5, 5.41) is 5.50. The predicted octanol–water partition coefficient (Wildman–Crippen LogP) is -0.267. The van der Waals surface area contributed by atoms with Gasteiger partial charge in [0, 0.05) is 5.70 Å². The SMILES string of the molecule is O=CNC1=CC=CNC1. The molecule has 1 amide bonds. The van der Waals surface area contributed by atoms with Crippen molar-refractivity contribution in [2.45, 2.75) is 0 Å². The molecule has 0 aliphatic carbocycles. The number of carbonyl (C=O) groups is 1. The van der Waals surface area contributed by atoms with Crippen molar-refractivity contribution in [1.82, 2.24) is 10.6 Å². The second-order valence-electron chi connectivity index (χ2n) is 1.69. The van der Waals surface area contributed by atoms with Crippen molar-refractivity contribution in [3.63, 3.8) is 0 Å². The van der Waals surface area contributed by atoms with Gasteiger partial charge in [-0.3, -0.25) is 4.79 Å². The molecule has 0 unspecified atom stereocenters. The zero-order chi connectivity index (χ0) is 6.53. The number of dihydropyridines is 1. The van der Waals surface area contributed by atoms with E-state index in [0.717, 1.165) is 5.70 Å². The van der Waals surface area contributed by atoms with Gasteiger partial charge in [-0.25, -0.2) is 0 Å². The van der Waals surface area contributed by atoms with Gasteiger partial charge in [0.1, 0.15) is 0 Å². The monoisotopic (exact) mass is 124 g/mol. The van der Waals surface area contributed by atoms with Crippen LogP contribution in [0, 0.1) is 0 Å². The van der Waals surface area contributed by atoms with Gasteiger partial charge in [-0.2, -0.15) is 0 Å². The van der Waals surface area contributed by atoms with Crippen LogP contribution in [0.5, 0.6) is 0 Å². The number of hydrogen-bond donors (Lipinski definition) is 2. The van der Waals surface area contributed by atoms with Crippen molar-refractivity contribution >= 4 is 6.41 Å². The summed E-state index contributed by atoms with van der Waals surface area (Å²) in [6.07, 6.45) is 6.20. The van der Waals surface area contributed by atoms with Gasteiger partial charge in [-0.15, -0.1) is 0 Å². The van der Waals surface area contributed by atoms with Gasteiger partial charge in [0.25, 0.3) is 0 Å². The highest BCUT2D eigenvalue weighted by atomic mass is 16.1. The summed E-state index contributed by atoms with van der Waals surface area (Å²) >= 11 is 0.